The molecule has 1 aromatic rings. The molecule has 0 saturated carbocycles. The zero-order chi connectivity index (χ0) is 11.1. The molecule has 0 aliphatic heterocycles. The van der Waals surface area contributed by atoms with Crippen molar-refractivity contribution in [2.24, 2.45) is 0 Å². The Morgan fingerprint density at radius 2 is 1.86 bits per heavy atom. The minimum Gasteiger partial charge on any atom is -0.223 e. The summed E-state index contributed by atoms with van der Waals surface area (Å²) in [6.45, 7) is 0. The molecule has 9 heteroatoms. The molecule has 1 aromatic heterocycles. The molecule has 14 heavy (non-hydrogen) atoms. The largest absolute Gasteiger partial charge is 0.334 e. The lowest BCUT2D eigenvalue weighted by Gasteiger charge is -1.88. The molecule has 0 saturated heterocycles. The van der Waals surface area contributed by atoms with Crippen molar-refractivity contribution in [3.63, 3.8) is 0 Å². The summed E-state index contributed by atoms with van der Waals surface area (Å²) < 4.78 is 54.6. The third-order valence-electron chi connectivity index (χ3n) is 1.26. The van der Waals surface area contributed by atoms with Gasteiger partial charge in [0.05, 0.1) is 0 Å². The summed E-state index contributed by atoms with van der Waals surface area (Å²) in [6.07, 6.45) is 0.879. The van der Waals surface area contributed by atoms with Crippen LogP contribution < -0.4 is 0 Å². The second-order valence-electron chi connectivity index (χ2n) is 2.41. The second kappa shape index (κ2) is 3.44. The van der Waals surface area contributed by atoms with E-state index in [1.165, 1.54) is 0 Å². The smallest absolute Gasteiger partial charge is 0.223 e. The van der Waals surface area contributed by atoms with Crippen molar-refractivity contribution in [2.75, 3.05) is 6.26 Å². The normalized spacial score (nSPS) is 13.1. The molecular weight excluding hydrogens is 275 g/mol. The third kappa shape index (κ3) is 2.44. The third-order valence-corrected chi connectivity index (χ3v) is 5.51. The van der Waals surface area contributed by atoms with Crippen molar-refractivity contribution in [3.8, 4) is 0 Å². The molecule has 0 bridgehead atoms. The molecule has 1 rings (SSSR count). The number of hydrogen-bond donors (Lipinski definition) is 0. The van der Waals surface area contributed by atoms with Crippen molar-refractivity contribution in [3.05, 3.63) is 10.4 Å². The van der Waals surface area contributed by atoms with Gasteiger partial charge in [-0.05, 0) is 6.07 Å². The minimum absolute atomic E-state index is 0.279. The molecular formula is C5H4ClFO4S3. The monoisotopic (exact) mass is 278 g/mol. The molecule has 0 aliphatic rings. The van der Waals surface area contributed by atoms with Crippen LogP contribution in [-0.2, 0) is 20.1 Å². The zero-order valence-corrected chi connectivity index (χ0v) is 9.90. The lowest BCUT2D eigenvalue weighted by Crippen LogP contribution is -1.93. The predicted octanol–water partition coefficient (Wildman–Crippen LogP) is 1.46. The summed E-state index contributed by atoms with van der Waals surface area (Å²) in [4.78, 5) is -0.801. The number of thiophene rings is 1. The number of hydrogen-bond acceptors (Lipinski definition) is 5. The van der Waals surface area contributed by atoms with E-state index >= 15 is 0 Å². The van der Waals surface area contributed by atoms with E-state index in [0.717, 1.165) is 6.26 Å². The Morgan fingerprint density at radius 1 is 1.36 bits per heavy atom. The van der Waals surface area contributed by atoms with E-state index < -0.39 is 29.3 Å². The summed E-state index contributed by atoms with van der Waals surface area (Å²) in [5, 5.41) is 0. The van der Waals surface area contributed by atoms with Gasteiger partial charge in [0.2, 0.25) is 0 Å². The van der Waals surface area contributed by atoms with E-state index in [4.69, 9.17) is 11.6 Å². The van der Waals surface area contributed by atoms with Gasteiger partial charge in [-0.1, -0.05) is 11.6 Å². The van der Waals surface area contributed by atoms with Crippen LogP contribution in [0.4, 0.5) is 3.89 Å². The molecule has 0 aliphatic carbocycles. The van der Waals surface area contributed by atoms with E-state index in [-0.39, 0.29) is 4.21 Å². The average Bonchev–Trinajstić information content (AvgIpc) is 2.27. The quantitative estimate of drug-likeness (QED) is 0.768. The molecule has 0 aromatic carbocycles. The van der Waals surface area contributed by atoms with Gasteiger partial charge in [0, 0.05) is 6.26 Å². The summed E-state index contributed by atoms with van der Waals surface area (Å²) in [7, 11) is -8.52. The highest BCUT2D eigenvalue weighted by Gasteiger charge is 2.23. The highest BCUT2D eigenvalue weighted by Crippen LogP contribution is 2.34. The van der Waals surface area contributed by atoms with Gasteiger partial charge < -0.3 is 0 Å². The first kappa shape index (κ1) is 11.9. The van der Waals surface area contributed by atoms with Crippen LogP contribution in [0, 0.1) is 0 Å². The standard InChI is InChI=1S/C5H4ClFO4S3/c1-13(8,9)4-2-3(5(6)12-4)14(7,10)11/h2H,1H3. The Bertz CT molecular complexity index is 556. The van der Waals surface area contributed by atoms with E-state index in [1.807, 2.05) is 0 Å². The van der Waals surface area contributed by atoms with Crippen LogP contribution in [0.1, 0.15) is 0 Å². The topological polar surface area (TPSA) is 68.3 Å². The van der Waals surface area contributed by atoms with Crippen molar-refractivity contribution in [2.45, 2.75) is 9.10 Å². The number of sulfone groups is 1. The maximum Gasteiger partial charge on any atom is 0.334 e. The van der Waals surface area contributed by atoms with Crippen LogP contribution in [0.2, 0.25) is 4.34 Å². The summed E-state index contributed by atoms with van der Waals surface area (Å²) >= 11 is 5.88. The van der Waals surface area contributed by atoms with Crippen LogP contribution in [0.25, 0.3) is 0 Å². The Hall–Kier alpha value is -0.180. The van der Waals surface area contributed by atoms with Crippen molar-refractivity contribution in [1.82, 2.24) is 0 Å². The van der Waals surface area contributed by atoms with Crippen LogP contribution in [0.15, 0.2) is 15.2 Å². The Kier molecular flexibility index (Phi) is 2.92. The number of halogens is 2. The Labute approximate surface area is 89.5 Å². The molecule has 0 amide bonds. The molecule has 0 unspecified atom stereocenters. The van der Waals surface area contributed by atoms with Gasteiger partial charge in [-0.25, -0.2) is 8.42 Å². The molecule has 0 N–H and O–H groups in total. The maximum absolute atomic E-state index is 12.5. The molecule has 0 fully saturated rings. The fourth-order valence-corrected chi connectivity index (χ4v) is 4.12. The highest BCUT2D eigenvalue weighted by molar-refractivity contribution is 7.93. The van der Waals surface area contributed by atoms with Crippen molar-refractivity contribution in [1.29, 1.82) is 0 Å². The van der Waals surface area contributed by atoms with Crippen LogP contribution in [-0.4, -0.2) is 23.1 Å². The molecule has 0 atom stereocenters. The molecule has 0 spiro atoms. The first-order chi connectivity index (χ1) is 6.12. The van der Waals surface area contributed by atoms with Crippen molar-refractivity contribution < 1.29 is 20.7 Å². The highest BCUT2D eigenvalue weighted by atomic mass is 35.5. The lowest BCUT2D eigenvalue weighted by molar-refractivity contribution is 0.552. The summed E-state index contributed by atoms with van der Waals surface area (Å²) in [5.74, 6) is 0. The van der Waals surface area contributed by atoms with E-state index in [1.54, 1.807) is 0 Å². The van der Waals surface area contributed by atoms with Crippen LogP contribution in [0.5, 0.6) is 0 Å². The van der Waals surface area contributed by atoms with Gasteiger partial charge in [0.15, 0.2) is 9.84 Å². The average molecular weight is 279 g/mol. The Balaban J connectivity index is 3.49. The first-order valence-corrected chi connectivity index (χ1v) is 7.53. The predicted molar refractivity (Wildman–Crippen MR) is 50.7 cm³/mol. The van der Waals surface area contributed by atoms with Gasteiger partial charge in [-0.3, -0.25) is 0 Å². The van der Waals surface area contributed by atoms with Crippen LogP contribution >= 0.6 is 22.9 Å². The molecule has 0 radical (unpaired) electrons. The maximum atomic E-state index is 12.5. The van der Waals surface area contributed by atoms with Gasteiger partial charge >= 0.3 is 10.2 Å². The van der Waals surface area contributed by atoms with Gasteiger partial charge in [0.1, 0.15) is 13.4 Å². The number of rotatable bonds is 2. The molecule has 4 nitrogen and oxygen atoms in total. The van der Waals surface area contributed by atoms with E-state index in [2.05, 4.69) is 0 Å². The minimum atomic E-state index is -4.96. The fourth-order valence-electron chi connectivity index (χ4n) is 0.681. The summed E-state index contributed by atoms with van der Waals surface area (Å²) in [5.41, 5.74) is 0. The van der Waals surface area contributed by atoms with Crippen molar-refractivity contribution >= 4 is 43.0 Å². The van der Waals surface area contributed by atoms with Gasteiger partial charge in [-0.15, -0.1) is 15.2 Å². The zero-order valence-electron chi connectivity index (χ0n) is 6.69. The van der Waals surface area contributed by atoms with Crippen LogP contribution in [0.3, 0.4) is 0 Å². The SMILES string of the molecule is CS(=O)(=O)c1cc(S(=O)(=O)F)c(Cl)s1. The fraction of sp³-hybridized carbons (Fsp3) is 0.200. The van der Waals surface area contributed by atoms with E-state index in [0.29, 0.717) is 17.4 Å². The summed E-state index contributed by atoms with van der Waals surface area (Å²) in [6, 6.07) is 0.706. The molecule has 1 heterocycles. The molecule has 80 valence electrons. The van der Waals surface area contributed by atoms with Gasteiger partial charge in [0.25, 0.3) is 0 Å². The first-order valence-electron chi connectivity index (χ1n) is 3.06. The van der Waals surface area contributed by atoms with E-state index in [9.17, 15) is 20.7 Å². The lowest BCUT2D eigenvalue weighted by atomic mass is 10.7. The second-order valence-corrected chi connectivity index (χ2v) is 7.63. The van der Waals surface area contributed by atoms with Gasteiger partial charge in [-0.2, -0.15) is 8.42 Å². The Morgan fingerprint density at radius 3 is 2.07 bits per heavy atom.